The minimum absolute atomic E-state index is 0.0636. The highest BCUT2D eigenvalue weighted by Gasteiger charge is 2.27. The van der Waals surface area contributed by atoms with Crippen LogP contribution < -0.4 is 10.2 Å². The van der Waals surface area contributed by atoms with Gasteiger partial charge in [-0.15, -0.1) is 0 Å². The quantitative estimate of drug-likeness (QED) is 0.775. The van der Waals surface area contributed by atoms with Crippen LogP contribution in [0.4, 0.5) is 0 Å². The van der Waals surface area contributed by atoms with Crippen LogP contribution in [0, 0.1) is 0 Å². The number of ether oxygens (including phenoxy) is 3. The molecule has 1 aliphatic rings. The highest BCUT2D eigenvalue weighted by atomic mass is 16.7. The largest absolute Gasteiger partial charge is 0.501 e. The number of fused-ring (bicyclic) bond motifs is 1. The Balaban J connectivity index is 1.66. The monoisotopic (exact) mass is 352 g/mol. The lowest BCUT2D eigenvalue weighted by Crippen LogP contribution is -2.12. The van der Waals surface area contributed by atoms with Crippen molar-refractivity contribution < 1.29 is 23.7 Å². The maximum Gasteiger partial charge on any atom is 0.244 e. The molecule has 0 aliphatic carbocycles. The standard InChI is InChI=1S/C20H16O6/c1-23-13-8-5-9-14-17(13)18(21)19(22)20(26-14)15-11-24-16(25-15)10-12-6-3-2-4-7-12/h2-9,11,16,22H,10H2,1H3. The van der Waals surface area contributed by atoms with Crippen LogP contribution in [0.25, 0.3) is 16.7 Å². The molecule has 1 N–H and O–H groups in total. The van der Waals surface area contributed by atoms with E-state index in [4.69, 9.17) is 18.6 Å². The number of hydrogen-bond acceptors (Lipinski definition) is 6. The van der Waals surface area contributed by atoms with Crippen molar-refractivity contribution in [3.63, 3.8) is 0 Å². The van der Waals surface area contributed by atoms with Gasteiger partial charge in [-0.3, -0.25) is 4.79 Å². The summed E-state index contributed by atoms with van der Waals surface area (Å²) in [5.74, 6) is -0.105. The average molecular weight is 352 g/mol. The fourth-order valence-electron chi connectivity index (χ4n) is 2.87. The molecule has 6 nitrogen and oxygen atoms in total. The number of methoxy groups -OCH3 is 1. The first-order valence-corrected chi connectivity index (χ1v) is 8.06. The highest BCUT2D eigenvalue weighted by molar-refractivity contribution is 5.86. The predicted molar refractivity (Wildman–Crippen MR) is 94.8 cm³/mol. The van der Waals surface area contributed by atoms with E-state index in [2.05, 4.69) is 0 Å². The first kappa shape index (κ1) is 16.1. The normalized spacial score (nSPS) is 16.0. The van der Waals surface area contributed by atoms with Crippen LogP contribution in [0.3, 0.4) is 0 Å². The molecule has 1 aromatic heterocycles. The lowest BCUT2D eigenvalue weighted by atomic mass is 10.1. The molecule has 0 bridgehead atoms. The molecule has 0 saturated carbocycles. The minimum Gasteiger partial charge on any atom is -0.501 e. The molecule has 132 valence electrons. The van der Waals surface area contributed by atoms with Crippen molar-refractivity contribution in [2.24, 2.45) is 0 Å². The highest BCUT2D eigenvalue weighted by Crippen LogP contribution is 2.34. The third kappa shape index (κ3) is 2.75. The summed E-state index contributed by atoms with van der Waals surface area (Å²) >= 11 is 0. The Labute approximate surface area is 148 Å². The summed E-state index contributed by atoms with van der Waals surface area (Å²) < 4.78 is 22.1. The van der Waals surface area contributed by atoms with Crippen LogP contribution >= 0.6 is 0 Å². The van der Waals surface area contributed by atoms with Gasteiger partial charge in [-0.1, -0.05) is 36.4 Å². The fraction of sp³-hybridized carbons (Fsp3) is 0.150. The van der Waals surface area contributed by atoms with E-state index in [-0.39, 0.29) is 22.5 Å². The lowest BCUT2D eigenvalue weighted by molar-refractivity contribution is -0.0145. The summed E-state index contributed by atoms with van der Waals surface area (Å²) in [6.07, 6.45) is 1.31. The molecule has 3 aromatic rings. The van der Waals surface area contributed by atoms with Gasteiger partial charge in [0.05, 0.1) is 7.11 Å². The molecule has 2 heterocycles. The molecule has 0 fully saturated rings. The van der Waals surface area contributed by atoms with E-state index in [1.165, 1.54) is 13.4 Å². The Morgan fingerprint density at radius 2 is 1.92 bits per heavy atom. The van der Waals surface area contributed by atoms with Crippen LogP contribution in [-0.2, 0) is 15.9 Å². The zero-order valence-electron chi connectivity index (χ0n) is 14.0. The Morgan fingerprint density at radius 3 is 2.69 bits per heavy atom. The molecule has 2 aromatic carbocycles. The molecule has 1 atom stereocenters. The molecule has 26 heavy (non-hydrogen) atoms. The molecule has 0 spiro atoms. The van der Waals surface area contributed by atoms with E-state index in [9.17, 15) is 9.90 Å². The first-order valence-electron chi connectivity index (χ1n) is 8.06. The molecule has 6 heteroatoms. The molecule has 0 saturated heterocycles. The van der Waals surface area contributed by atoms with Crippen molar-refractivity contribution in [2.45, 2.75) is 12.7 Å². The van der Waals surface area contributed by atoms with Gasteiger partial charge in [0.15, 0.2) is 0 Å². The third-order valence-corrected chi connectivity index (χ3v) is 4.13. The van der Waals surface area contributed by atoms with Crippen molar-refractivity contribution in [1.82, 2.24) is 0 Å². The third-order valence-electron chi connectivity index (χ3n) is 4.13. The van der Waals surface area contributed by atoms with Gasteiger partial charge in [0.1, 0.15) is 23.0 Å². The number of benzene rings is 2. The Kier molecular flexibility index (Phi) is 4.01. The second kappa shape index (κ2) is 6.48. The van der Waals surface area contributed by atoms with Gasteiger partial charge in [-0.25, -0.2) is 0 Å². The summed E-state index contributed by atoms with van der Waals surface area (Å²) in [6.45, 7) is 0. The fourth-order valence-corrected chi connectivity index (χ4v) is 2.87. The van der Waals surface area contributed by atoms with E-state index >= 15 is 0 Å². The van der Waals surface area contributed by atoms with Gasteiger partial charge in [-0.2, -0.15) is 0 Å². The maximum absolute atomic E-state index is 12.5. The Hall–Kier alpha value is -3.41. The zero-order chi connectivity index (χ0) is 18.1. The SMILES string of the molecule is COc1cccc2oc(C3=COC(Cc4ccccc4)O3)c(O)c(=O)c12. The summed E-state index contributed by atoms with van der Waals surface area (Å²) in [6, 6.07) is 14.7. The molecule has 1 aliphatic heterocycles. The molecular formula is C20H16O6. The second-order valence-electron chi connectivity index (χ2n) is 5.80. The second-order valence-corrected chi connectivity index (χ2v) is 5.80. The average Bonchev–Trinajstić information content (AvgIpc) is 3.13. The van der Waals surface area contributed by atoms with Crippen molar-refractivity contribution in [2.75, 3.05) is 7.11 Å². The molecule has 0 radical (unpaired) electrons. The van der Waals surface area contributed by atoms with E-state index < -0.39 is 17.5 Å². The van der Waals surface area contributed by atoms with Crippen LogP contribution in [0.1, 0.15) is 11.3 Å². The van der Waals surface area contributed by atoms with Crippen molar-refractivity contribution in [3.05, 3.63) is 76.3 Å². The number of aromatic hydroxyl groups is 1. The Morgan fingerprint density at radius 1 is 1.12 bits per heavy atom. The minimum atomic E-state index is -0.588. The zero-order valence-corrected chi connectivity index (χ0v) is 14.0. The van der Waals surface area contributed by atoms with Crippen LogP contribution in [0.5, 0.6) is 11.5 Å². The van der Waals surface area contributed by atoms with Gasteiger partial charge < -0.3 is 23.7 Å². The van der Waals surface area contributed by atoms with Gasteiger partial charge in [0.2, 0.25) is 29.0 Å². The van der Waals surface area contributed by atoms with E-state index in [0.717, 1.165) is 5.56 Å². The summed E-state index contributed by atoms with van der Waals surface area (Å²) in [7, 11) is 1.45. The number of rotatable bonds is 4. The molecule has 1 unspecified atom stereocenters. The van der Waals surface area contributed by atoms with Crippen molar-refractivity contribution in [3.8, 4) is 11.5 Å². The van der Waals surface area contributed by atoms with Gasteiger partial charge in [0.25, 0.3) is 0 Å². The summed E-state index contributed by atoms with van der Waals surface area (Å²) in [5, 5.41) is 10.5. The van der Waals surface area contributed by atoms with Gasteiger partial charge in [-0.05, 0) is 17.7 Å². The van der Waals surface area contributed by atoms with Crippen molar-refractivity contribution in [1.29, 1.82) is 0 Å². The van der Waals surface area contributed by atoms with Crippen LogP contribution in [0.2, 0.25) is 0 Å². The summed E-state index contributed by atoms with van der Waals surface area (Å²) in [4.78, 5) is 12.5. The van der Waals surface area contributed by atoms with Crippen molar-refractivity contribution >= 4 is 16.7 Å². The Bertz CT molecular complexity index is 1040. The van der Waals surface area contributed by atoms with Crippen LogP contribution in [-0.4, -0.2) is 18.5 Å². The first-order chi connectivity index (χ1) is 12.7. The molecular weight excluding hydrogens is 336 g/mol. The van der Waals surface area contributed by atoms with Gasteiger partial charge in [0, 0.05) is 6.42 Å². The predicted octanol–water partition coefficient (Wildman–Crippen LogP) is 3.42. The van der Waals surface area contributed by atoms with E-state index in [1.807, 2.05) is 30.3 Å². The van der Waals surface area contributed by atoms with E-state index in [0.29, 0.717) is 12.2 Å². The molecule has 4 rings (SSSR count). The molecule has 0 amide bonds. The van der Waals surface area contributed by atoms with E-state index in [1.54, 1.807) is 18.2 Å². The maximum atomic E-state index is 12.5. The van der Waals surface area contributed by atoms with Gasteiger partial charge >= 0.3 is 0 Å². The summed E-state index contributed by atoms with van der Waals surface area (Å²) in [5.41, 5.74) is 0.744. The smallest absolute Gasteiger partial charge is 0.244 e. The van der Waals surface area contributed by atoms with Crippen LogP contribution in [0.15, 0.2) is 64.0 Å². The number of hydrogen-bond donors (Lipinski definition) is 1. The lowest BCUT2D eigenvalue weighted by Gasteiger charge is -2.12. The topological polar surface area (TPSA) is 78.1 Å².